The average molecular weight is 521 g/mol. The zero-order chi connectivity index (χ0) is 24.2. The summed E-state index contributed by atoms with van der Waals surface area (Å²) in [5.41, 5.74) is 1.78. The molecule has 178 valence electrons. The van der Waals surface area contributed by atoms with Gasteiger partial charge in [0.15, 0.2) is 5.82 Å². The highest BCUT2D eigenvalue weighted by Gasteiger charge is 2.58. The molecule has 33 heavy (non-hydrogen) atoms. The summed E-state index contributed by atoms with van der Waals surface area (Å²) in [6, 6.07) is 1.84. The molecule has 6 rings (SSSR count). The van der Waals surface area contributed by atoms with E-state index in [1.54, 1.807) is 4.90 Å². The van der Waals surface area contributed by atoms with Crippen LogP contribution in [0.5, 0.6) is 0 Å². The van der Waals surface area contributed by atoms with E-state index >= 15 is 0 Å². The Balaban J connectivity index is 0.00000126. The van der Waals surface area contributed by atoms with E-state index in [0.717, 1.165) is 17.7 Å². The van der Waals surface area contributed by atoms with Crippen LogP contribution in [0.3, 0.4) is 0 Å². The lowest BCUT2D eigenvalue weighted by molar-refractivity contribution is -0.115. The van der Waals surface area contributed by atoms with Crippen molar-refractivity contribution in [1.82, 2.24) is 9.88 Å². The fourth-order valence-electron chi connectivity index (χ4n) is 5.05. The number of carbonyl (C=O) groups excluding carboxylic acids is 2. The lowest BCUT2D eigenvalue weighted by Gasteiger charge is -2.47. The van der Waals surface area contributed by atoms with Gasteiger partial charge in [0, 0.05) is 17.8 Å². The Kier molecular flexibility index (Phi) is 6.05. The van der Waals surface area contributed by atoms with E-state index in [4.69, 9.17) is 4.74 Å². The predicted octanol–water partition coefficient (Wildman–Crippen LogP) is 5.24. The summed E-state index contributed by atoms with van der Waals surface area (Å²) in [5.74, 6) is -0.319. The van der Waals surface area contributed by atoms with Crippen LogP contribution >= 0.6 is 15.9 Å². The van der Waals surface area contributed by atoms with Crippen LogP contribution in [-0.4, -0.2) is 52.7 Å². The van der Waals surface area contributed by atoms with Crippen LogP contribution in [0.25, 0.3) is 10.9 Å². The third-order valence-electron chi connectivity index (χ3n) is 6.31. The van der Waals surface area contributed by atoms with Gasteiger partial charge in [-0.25, -0.2) is 9.18 Å². The molecule has 3 atom stereocenters. The molecular formula is C24H30BrFN4O3. The van der Waals surface area contributed by atoms with Crippen molar-refractivity contribution in [1.29, 1.82) is 0 Å². The normalized spacial score (nSPS) is 23.4. The predicted molar refractivity (Wildman–Crippen MR) is 130 cm³/mol. The number of pyridine rings is 1. The largest absolute Gasteiger partial charge is 0.444 e. The van der Waals surface area contributed by atoms with Crippen molar-refractivity contribution in [2.45, 2.75) is 65.6 Å². The van der Waals surface area contributed by atoms with E-state index in [1.807, 2.05) is 52.5 Å². The molecule has 1 N–H and O–H groups in total. The van der Waals surface area contributed by atoms with Crippen molar-refractivity contribution in [2.24, 2.45) is 5.92 Å². The Morgan fingerprint density at radius 2 is 2.03 bits per heavy atom. The number of benzene rings is 1. The van der Waals surface area contributed by atoms with E-state index < -0.39 is 11.4 Å². The molecule has 7 nitrogen and oxygen atoms in total. The van der Waals surface area contributed by atoms with Gasteiger partial charge in [-0.1, -0.05) is 13.8 Å². The van der Waals surface area contributed by atoms with Crippen LogP contribution in [-0.2, 0) is 9.53 Å². The van der Waals surface area contributed by atoms with Gasteiger partial charge in [-0.05, 0) is 61.7 Å². The number of halogens is 2. The Labute approximate surface area is 201 Å². The van der Waals surface area contributed by atoms with Gasteiger partial charge in [0.25, 0.3) is 0 Å². The first kappa shape index (κ1) is 23.7. The SMILES string of the molecule is CC.Cc1cc2c3c(cnc2c(F)c1Br)NC(=O)CN3C1C2CC1N(C(=O)OC(C)(C)C)C2. The van der Waals surface area contributed by atoms with Gasteiger partial charge < -0.3 is 19.9 Å². The molecule has 1 aromatic heterocycles. The number of aromatic nitrogens is 1. The number of amides is 2. The number of rotatable bonds is 1. The van der Waals surface area contributed by atoms with Gasteiger partial charge in [0.2, 0.25) is 5.91 Å². The van der Waals surface area contributed by atoms with Gasteiger partial charge in [-0.2, -0.15) is 0 Å². The summed E-state index contributed by atoms with van der Waals surface area (Å²) in [5, 5.41) is 3.53. The second-order valence-corrected chi connectivity index (χ2v) is 10.4. The lowest BCUT2D eigenvalue weighted by Crippen LogP contribution is -2.58. The molecule has 4 heterocycles. The first-order valence-corrected chi connectivity index (χ1v) is 12.2. The molecule has 1 aliphatic carbocycles. The van der Waals surface area contributed by atoms with E-state index in [1.165, 1.54) is 6.20 Å². The summed E-state index contributed by atoms with van der Waals surface area (Å²) < 4.78 is 20.9. The molecular weight excluding hydrogens is 491 g/mol. The van der Waals surface area contributed by atoms with E-state index in [0.29, 0.717) is 22.1 Å². The first-order valence-electron chi connectivity index (χ1n) is 11.4. The van der Waals surface area contributed by atoms with Gasteiger partial charge >= 0.3 is 6.09 Å². The highest BCUT2D eigenvalue weighted by Crippen LogP contribution is 2.49. The summed E-state index contributed by atoms with van der Waals surface area (Å²) >= 11 is 3.30. The Hall–Kier alpha value is -2.42. The summed E-state index contributed by atoms with van der Waals surface area (Å²) in [6.45, 7) is 12.1. The maximum absolute atomic E-state index is 14.9. The van der Waals surface area contributed by atoms with Crippen LogP contribution < -0.4 is 10.2 Å². The molecule has 3 fully saturated rings. The molecule has 2 bridgehead atoms. The highest BCUT2D eigenvalue weighted by atomic mass is 79.9. The van der Waals surface area contributed by atoms with E-state index in [-0.39, 0.29) is 42.1 Å². The molecule has 9 heteroatoms. The smallest absolute Gasteiger partial charge is 0.410 e. The zero-order valence-electron chi connectivity index (χ0n) is 19.8. The first-order chi connectivity index (χ1) is 15.5. The molecule has 3 unspecified atom stereocenters. The highest BCUT2D eigenvalue weighted by molar-refractivity contribution is 9.10. The standard InChI is InChI=1S/C22H24BrFN4O3.C2H6/c1-10-5-12-18(17(24)16(10)23)25-7-13-20(12)28(9-15(29)26-13)19-11-6-14(19)27(8-11)21(30)31-22(2,3)4;1-2/h5,7,11,14,19H,6,8-9H2,1-4H3,(H,26,29);1-2H3. The van der Waals surface area contributed by atoms with Crippen LogP contribution in [0.2, 0.25) is 0 Å². The number of nitrogens with one attached hydrogen (secondary N) is 1. The van der Waals surface area contributed by atoms with Gasteiger partial charge in [0.05, 0.1) is 40.7 Å². The lowest BCUT2D eigenvalue weighted by atomic mass is 9.78. The molecule has 1 saturated carbocycles. The molecule has 1 aromatic carbocycles. The number of aryl methyl sites for hydroxylation is 1. The van der Waals surface area contributed by atoms with Gasteiger partial charge in [-0.3, -0.25) is 9.78 Å². The number of anilines is 2. The van der Waals surface area contributed by atoms with Crippen LogP contribution in [0.15, 0.2) is 16.7 Å². The molecule has 4 aliphatic rings. The minimum atomic E-state index is -0.568. The topological polar surface area (TPSA) is 74.8 Å². The van der Waals surface area contributed by atoms with Gasteiger partial charge in [-0.15, -0.1) is 0 Å². The van der Waals surface area contributed by atoms with Crippen LogP contribution in [0.1, 0.15) is 46.6 Å². The monoisotopic (exact) mass is 520 g/mol. The second kappa shape index (κ2) is 8.42. The molecule has 2 saturated heterocycles. The van der Waals surface area contributed by atoms with E-state index in [9.17, 15) is 14.0 Å². The molecule has 0 spiro atoms. The minimum absolute atomic E-state index is 0.0186. The van der Waals surface area contributed by atoms with Crippen molar-refractivity contribution in [3.63, 3.8) is 0 Å². The van der Waals surface area contributed by atoms with Gasteiger partial charge in [0.1, 0.15) is 11.1 Å². The number of ether oxygens (including phenoxy) is 1. The zero-order valence-corrected chi connectivity index (χ0v) is 21.4. The van der Waals surface area contributed by atoms with Crippen molar-refractivity contribution in [2.75, 3.05) is 23.3 Å². The van der Waals surface area contributed by atoms with Crippen molar-refractivity contribution >= 4 is 50.2 Å². The number of hydrogen-bond donors (Lipinski definition) is 1. The van der Waals surface area contributed by atoms with Crippen LogP contribution in [0, 0.1) is 18.7 Å². The fourth-order valence-corrected chi connectivity index (χ4v) is 5.35. The number of hydrogen-bond acceptors (Lipinski definition) is 5. The quantitative estimate of drug-likeness (QED) is 0.556. The molecule has 2 aromatic rings. The second-order valence-electron chi connectivity index (χ2n) is 9.60. The van der Waals surface area contributed by atoms with Crippen LogP contribution in [0.4, 0.5) is 20.6 Å². The van der Waals surface area contributed by atoms with Crippen molar-refractivity contribution < 1.29 is 18.7 Å². The number of carbonyl (C=O) groups is 2. The summed E-state index contributed by atoms with van der Waals surface area (Å²) in [4.78, 5) is 33.3. The third kappa shape index (κ3) is 3.94. The van der Waals surface area contributed by atoms with E-state index in [2.05, 4.69) is 26.2 Å². The summed E-state index contributed by atoms with van der Waals surface area (Å²) in [6.07, 6.45) is 2.06. The number of fused-ring (bicyclic) bond motifs is 4. The maximum Gasteiger partial charge on any atom is 0.410 e. The molecule has 2 amide bonds. The minimum Gasteiger partial charge on any atom is -0.444 e. The third-order valence-corrected chi connectivity index (χ3v) is 7.29. The summed E-state index contributed by atoms with van der Waals surface area (Å²) in [7, 11) is 0. The Morgan fingerprint density at radius 1 is 1.33 bits per heavy atom. The number of nitrogens with zero attached hydrogens (tertiary/aromatic N) is 3. The maximum atomic E-state index is 14.9. The van der Waals surface area contributed by atoms with Crippen molar-refractivity contribution in [3.05, 3.63) is 28.1 Å². The Morgan fingerprint density at radius 3 is 2.70 bits per heavy atom. The van der Waals surface area contributed by atoms with Crippen molar-refractivity contribution in [3.8, 4) is 0 Å². The Bertz CT molecular complexity index is 1130. The molecule has 0 radical (unpaired) electrons. The average Bonchev–Trinajstić information content (AvgIpc) is 3.32. The molecule has 3 aliphatic heterocycles. The fraction of sp³-hybridized carbons (Fsp3) is 0.542.